The van der Waals surface area contributed by atoms with Gasteiger partial charge in [0, 0.05) is 5.57 Å². The van der Waals surface area contributed by atoms with Gasteiger partial charge in [0.2, 0.25) is 0 Å². The Morgan fingerprint density at radius 1 is 1.23 bits per heavy atom. The number of carbonyl (C=O) groups is 2. The Morgan fingerprint density at radius 3 is 2.23 bits per heavy atom. The van der Waals surface area contributed by atoms with Crippen LogP contribution in [0.4, 0.5) is 0 Å². The Kier molecular flexibility index (Phi) is 5.85. The van der Waals surface area contributed by atoms with Crippen molar-refractivity contribution >= 4 is 11.8 Å². The number of unbranched alkanes of at least 4 members (excludes halogenated alkanes) is 1. The van der Waals surface area contributed by atoms with Crippen LogP contribution in [0.1, 0.15) is 39.5 Å². The fraction of sp³-hybridized carbons (Fsp3) is 0.600. The third kappa shape index (κ3) is 4.45. The van der Waals surface area contributed by atoms with Crippen molar-refractivity contribution in [1.82, 2.24) is 0 Å². The molecule has 74 valence electrons. The van der Waals surface area contributed by atoms with Gasteiger partial charge in [0.1, 0.15) is 0 Å². The molecule has 0 aromatic carbocycles. The highest BCUT2D eigenvalue weighted by Crippen LogP contribution is 2.08. The van der Waals surface area contributed by atoms with Gasteiger partial charge >= 0.3 is 5.97 Å². The quantitative estimate of drug-likeness (QED) is 0.508. The summed E-state index contributed by atoms with van der Waals surface area (Å²) in [5, 5.41) is 8.49. The molecule has 0 amide bonds. The number of aliphatic carboxylic acids is 1. The summed E-state index contributed by atoms with van der Waals surface area (Å²) < 4.78 is 0. The van der Waals surface area contributed by atoms with Crippen LogP contribution in [0, 0.1) is 0 Å². The molecule has 0 aromatic heterocycles. The van der Waals surface area contributed by atoms with Gasteiger partial charge in [-0.25, -0.2) is 4.79 Å². The lowest BCUT2D eigenvalue weighted by molar-refractivity contribution is -0.147. The third-order valence-electron chi connectivity index (χ3n) is 1.68. The average molecular weight is 184 g/mol. The lowest BCUT2D eigenvalue weighted by Crippen LogP contribution is -2.15. The van der Waals surface area contributed by atoms with Gasteiger partial charge in [-0.1, -0.05) is 32.8 Å². The summed E-state index contributed by atoms with van der Waals surface area (Å²) in [5.41, 5.74) is 0.442. The van der Waals surface area contributed by atoms with Crippen LogP contribution in [0.15, 0.2) is 11.6 Å². The Morgan fingerprint density at radius 2 is 1.85 bits per heavy atom. The van der Waals surface area contributed by atoms with Gasteiger partial charge < -0.3 is 5.11 Å². The highest BCUT2D eigenvalue weighted by molar-refractivity contribution is 6.39. The van der Waals surface area contributed by atoms with E-state index in [-0.39, 0.29) is 0 Å². The number of carboxylic acids is 1. The van der Waals surface area contributed by atoms with E-state index in [1.54, 1.807) is 6.08 Å². The van der Waals surface area contributed by atoms with Crippen LogP contribution in [0.25, 0.3) is 0 Å². The van der Waals surface area contributed by atoms with Crippen LogP contribution in [-0.2, 0) is 9.59 Å². The molecule has 13 heavy (non-hydrogen) atoms. The second-order valence-electron chi connectivity index (χ2n) is 2.90. The second-order valence-corrected chi connectivity index (χ2v) is 2.90. The molecule has 0 aliphatic carbocycles. The first-order chi connectivity index (χ1) is 6.13. The van der Waals surface area contributed by atoms with Crippen molar-refractivity contribution in [2.45, 2.75) is 39.5 Å². The van der Waals surface area contributed by atoms with Crippen molar-refractivity contribution in [3.63, 3.8) is 0 Å². The zero-order chi connectivity index (χ0) is 10.3. The van der Waals surface area contributed by atoms with Crippen LogP contribution in [0.2, 0.25) is 0 Å². The van der Waals surface area contributed by atoms with Crippen molar-refractivity contribution in [1.29, 1.82) is 0 Å². The van der Waals surface area contributed by atoms with Crippen molar-refractivity contribution < 1.29 is 14.7 Å². The first-order valence-electron chi connectivity index (χ1n) is 4.60. The van der Waals surface area contributed by atoms with Gasteiger partial charge in [0.15, 0.2) is 0 Å². The van der Waals surface area contributed by atoms with E-state index in [0.29, 0.717) is 12.0 Å². The van der Waals surface area contributed by atoms with Crippen LogP contribution < -0.4 is 0 Å². The van der Waals surface area contributed by atoms with E-state index in [1.807, 2.05) is 13.8 Å². The van der Waals surface area contributed by atoms with Crippen LogP contribution in [-0.4, -0.2) is 16.9 Å². The van der Waals surface area contributed by atoms with Gasteiger partial charge in [0.25, 0.3) is 5.78 Å². The first kappa shape index (κ1) is 11.9. The van der Waals surface area contributed by atoms with E-state index in [1.165, 1.54) is 0 Å². The van der Waals surface area contributed by atoms with Crippen LogP contribution in [0.5, 0.6) is 0 Å². The molecule has 0 radical (unpaired) electrons. The number of hydrogen-bond donors (Lipinski definition) is 1. The van der Waals surface area contributed by atoms with Gasteiger partial charge in [-0.05, 0) is 12.8 Å². The minimum atomic E-state index is -1.35. The Balaban J connectivity index is 4.40. The summed E-state index contributed by atoms with van der Waals surface area (Å²) in [5.74, 6) is -2.11. The molecule has 0 aliphatic heterocycles. The summed E-state index contributed by atoms with van der Waals surface area (Å²) in [6.07, 6.45) is 4.80. The van der Waals surface area contributed by atoms with Crippen molar-refractivity contribution in [2.75, 3.05) is 0 Å². The number of hydrogen-bond acceptors (Lipinski definition) is 2. The number of Topliss-reactive ketones (excluding diaryl/α,β-unsaturated/α-hetero) is 1. The third-order valence-corrected chi connectivity index (χ3v) is 1.68. The molecular formula is C10H16O3. The minimum Gasteiger partial charge on any atom is -0.475 e. The number of ketones is 1. The predicted octanol–water partition coefficient (Wildman–Crippen LogP) is 2.17. The molecule has 0 saturated carbocycles. The summed E-state index contributed by atoms with van der Waals surface area (Å²) in [6, 6.07) is 0. The maximum atomic E-state index is 11.1. The fourth-order valence-corrected chi connectivity index (χ4v) is 1.03. The minimum absolute atomic E-state index is 0.442. The molecule has 0 atom stereocenters. The average Bonchev–Trinajstić information content (AvgIpc) is 2.11. The van der Waals surface area contributed by atoms with E-state index >= 15 is 0 Å². The standard InChI is InChI=1S/C10H16O3/c1-3-5-7-8(6-4-2)9(11)10(12)13/h7H,3-6H2,1-2H3,(H,12,13). The molecule has 0 aliphatic rings. The molecule has 3 heteroatoms. The molecule has 0 fully saturated rings. The maximum Gasteiger partial charge on any atom is 0.376 e. The Hall–Kier alpha value is -1.12. The molecule has 3 nitrogen and oxygen atoms in total. The van der Waals surface area contributed by atoms with E-state index in [0.717, 1.165) is 19.3 Å². The monoisotopic (exact) mass is 184 g/mol. The topological polar surface area (TPSA) is 54.4 Å². The van der Waals surface area contributed by atoms with E-state index in [9.17, 15) is 9.59 Å². The van der Waals surface area contributed by atoms with Crippen LogP contribution in [0.3, 0.4) is 0 Å². The second kappa shape index (κ2) is 6.40. The molecule has 0 bridgehead atoms. The Bertz CT molecular complexity index is 216. The van der Waals surface area contributed by atoms with Gasteiger partial charge in [-0.2, -0.15) is 0 Å². The van der Waals surface area contributed by atoms with Crippen LogP contribution >= 0.6 is 0 Å². The molecule has 1 N–H and O–H groups in total. The van der Waals surface area contributed by atoms with E-state index in [4.69, 9.17) is 5.11 Å². The molecule has 0 unspecified atom stereocenters. The zero-order valence-corrected chi connectivity index (χ0v) is 8.17. The smallest absolute Gasteiger partial charge is 0.376 e. The van der Waals surface area contributed by atoms with Gasteiger partial charge in [0.05, 0.1) is 0 Å². The van der Waals surface area contributed by atoms with E-state index in [2.05, 4.69) is 0 Å². The zero-order valence-electron chi connectivity index (χ0n) is 8.17. The molecule has 0 aromatic rings. The van der Waals surface area contributed by atoms with Crippen molar-refractivity contribution in [3.05, 3.63) is 11.6 Å². The summed E-state index contributed by atoms with van der Waals surface area (Å²) in [6.45, 7) is 3.92. The highest BCUT2D eigenvalue weighted by Gasteiger charge is 2.15. The normalized spacial score (nSPS) is 11.4. The number of rotatable bonds is 6. The number of carboxylic acid groups (broad SMARTS) is 1. The summed E-state index contributed by atoms with van der Waals surface area (Å²) >= 11 is 0. The highest BCUT2D eigenvalue weighted by atomic mass is 16.4. The van der Waals surface area contributed by atoms with E-state index < -0.39 is 11.8 Å². The van der Waals surface area contributed by atoms with Gasteiger partial charge in [-0.15, -0.1) is 0 Å². The largest absolute Gasteiger partial charge is 0.475 e. The molecule has 0 saturated heterocycles. The Labute approximate surface area is 78.5 Å². The summed E-state index contributed by atoms with van der Waals surface area (Å²) in [7, 11) is 0. The molecule has 0 heterocycles. The lowest BCUT2D eigenvalue weighted by atomic mass is 10.0. The molecule has 0 rings (SSSR count). The fourth-order valence-electron chi connectivity index (χ4n) is 1.03. The van der Waals surface area contributed by atoms with Crippen molar-refractivity contribution in [2.24, 2.45) is 0 Å². The van der Waals surface area contributed by atoms with Gasteiger partial charge in [-0.3, -0.25) is 4.79 Å². The lowest BCUT2D eigenvalue weighted by Gasteiger charge is -2.00. The first-order valence-corrected chi connectivity index (χ1v) is 4.60. The molecular weight excluding hydrogens is 168 g/mol. The number of allylic oxidation sites excluding steroid dienone is 1. The SMILES string of the molecule is CCCC=C(CCC)C(=O)C(=O)O. The van der Waals surface area contributed by atoms with Crippen molar-refractivity contribution in [3.8, 4) is 0 Å². The molecule has 0 spiro atoms. The number of carbonyl (C=O) groups excluding carboxylic acids is 1. The summed E-state index contributed by atoms with van der Waals surface area (Å²) in [4.78, 5) is 21.5. The predicted molar refractivity (Wildman–Crippen MR) is 50.5 cm³/mol. The maximum absolute atomic E-state index is 11.1.